The van der Waals surface area contributed by atoms with Crippen LogP contribution in [0.1, 0.15) is 0 Å². The molecule has 1 aromatic carbocycles. The Morgan fingerprint density at radius 2 is 2.12 bits per heavy atom. The lowest BCUT2D eigenvalue weighted by Gasteiger charge is -1.99. The highest BCUT2D eigenvalue weighted by molar-refractivity contribution is 7.71. The van der Waals surface area contributed by atoms with E-state index >= 15 is 0 Å². The van der Waals surface area contributed by atoms with Crippen molar-refractivity contribution in [3.63, 3.8) is 0 Å². The van der Waals surface area contributed by atoms with Crippen molar-refractivity contribution in [1.82, 2.24) is 15.2 Å². The molecule has 0 saturated carbocycles. The Morgan fingerprint density at radius 3 is 2.94 bits per heavy atom. The summed E-state index contributed by atoms with van der Waals surface area (Å²) in [6, 6.07) is 7.65. The fourth-order valence-corrected chi connectivity index (χ4v) is 1.88. The molecule has 0 bridgehead atoms. The molecule has 0 saturated heterocycles. The molecule has 0 aliphatic rings. The van der Waals surface area contributed by atoms with Crippen LogP contribution in [-0.4, -0.2) is 15.2 Å². The van der Waals surface area contributed by atoms with Crippen LogP contribution in [-0.2, 0) is 0 Å². The van der Waals surface area contributed by atoms with E-state index < -0.39 is 0 Å². The molecule has 4 nitrogen and oxygen atoms in total. The van der Waals surface area contributed by atoms with Gasteiger partial charge in [0.05, 0.1) is 10.1 Å². The minimum absolute atomic E-state index is 0.555. The molecule has 3 rings (SSSR count). The lowest BCUT2D eigenvalue weighted by molar-refractivity contribution is 0.604. The van der Waals surface area contributed by atoms with Crippen molar-refractivity contribution in [3.05, 3.63) is 41.4 Å². The number of nitrogens with zero attached hydrogens (tertiary/aromatic N) is 2. The SMILES string of the molecule is S=c1c(-c2nc[nH]n2)coc2ccccc12. The van der Waals surface area contributed by atoms with Gasteiger partial charge in [-0.15, -0.1) is 0 Å². The smallest absolute Gasteiger partial charge is 0.185 e. The standard InChI is InChI=1S/C11H7N3OS/c16-10-7-3-1-2-4-9(7)15-5-8(10)11-12-6-13-14-11/h1-6H,(H,12,13,14). The van der Waals surface area contributed by atoms with E-state index in [9.17, 15) is 0 Å². The number of para-hydroxylation sites is 1. The van der Waals surface area contributed by atoms with Gasteiger partial charge in [-0.05, 0) is 12.1 Å². The molecule has 0 aliphatic heterocycles. The average Bonchev–Trinajstić information content (AvgIpc) is 2.83. The highest BCUT2D eigenvalue weighted by atomic mass is 32.1. The molecule has 0 aliphatic carbocycles. The molecule has 2 aromatic heterocycles. The summed E-state index contributed by atoms with van der Waals surface area (Å²) < 4.78 is 6.20. The van der Waals surface area contributed by atoms with Gasteiger partial charge in [-0.25, -0.2) is 4.98 Å². The first-order valence-corrected chi connectivity index (χ1v) is 5.14. The largest absolute Gasteiger partial charge is 0.463 e. The molecule has 78 valence electrons. The van der Waals surface area contributed by atoms with Crippen molar-refractivity contribution in [2.75, 3.05) is 0 Å². The van der Waals surface area contributed by atoms with Crippen molar-refractivity contribution in [1.29, 1.82) is 0 Å². The Bertz CT molecular complexity index is 688. The molecule has 0 atom stereocenters. The number of aromatic amines is 1. The first kappa shape index (κ1) is 9.23. The second-order valence-corrected chi connectivity index (χ2v) is 3.71. The average molecular weight is 229 g/mol. The molecule has 2 heterocycles. The minimum Gasteiger partial charge on any atom is -0.463 e. The molecule has 0 amide bonds. The first-order valence-electron chi connectivity index (χ1n) is 4.73. The number of hydrogen-bond acceptors (Lipinski definition) is 4. The van der Waals surface area contributed by atoms with Crippen LogP contribution in [0.3, 0.4) is 0 Å². The van der Waals surface area contributed by atoms with Gasteiger partial charge in [-0.3, -0.25) is 5.10 Å². The van der Waals surface area contributed by atoms with Crippen LogP contribution in [0.2, 0.25) is 0 Å². The van der Waals surface area contributed by atoms with Gasteiger partial charge in [0, 0.05) is 5.39 Å². The second-order valence-electron chi connectivity index (χ2n) is 3.30. The number of H-pyrrole nitrogens is 1. The summed E-state index contributed by atoms with van der Waals surface area (Å²) >= 11 is 5.39. The fraction of sp³-hybridized carbons (Fsp3) is 0. The molecular formula is C11H7N3OS. The zero-order valence-corrected chi connectivity index (χ0v) is 8.99. The van der Waals surface area contributed by atoms with Crippen LogP contribution in [0.4, 0.5) is 0 Å². The summed E-state index contributed by atoms with van der Waals surface area (Å²) in [5, 5.41) is 7.55. The van der Waals surface area contributed by atoms with Gasteiger partial charge in [0.15, 0.2) is 5.82 Å². The highest BCUT2D eigenvalue weighted by Crippen LogP contribution is 2.23. The molecule has 3 aromatic rings. The van der Waals surface area contributed by atoms with Crippen LogP contribution in [0.5, 0.6) is 0 Å². The van der Waals surface area contributed by atoms with Gasteiger partial charge in [0.25, 0.3) is 0 Å². The number of nitrogens with one attached hydrogen (secondary N) is 1. The lowest BCUT2D eigenvalue weighted by Crippen LogP contribution is -1.83. The third-order valence-electron chi connectivity index (χ3n) is 2.34. The van der Waals surface area contributed by atoms with Gasteiger partial charge in [-0.1, -0.05) is 24.4 Å². The van der Waals surface area contributed by atoms with E-state index in [-0.39, 0.29) is 0 Å². The second kappa shape index (κ2) is 3.53. The van der Waals surface area contributed by atoms with E-state index in [0.29, 0.717) is 10.3 Å². The summed E-state index contributed by atoms with van der Waals surface area (Å²) in [5.41, 5.74) is 1.50. The van der Waals surface area contributed by atoms with Gasteiger partial charge in [0.2, 0.25) is 0 Å². The zero-order chi connectivity index (χ0) is 11.0. The van der Waals surface area contributed by atoms with Crippen LogP contribution in [0.25, 0.3) is 22.4 Å². The lowest BCUT2D eigenvalue weighted by atomic mass is 10.2. The summed E-state index contributed by atoms with van der Waals surface area (Å²) in [7, 11) is 0. The van der Waals surface area contributed by atoms with Crippen molar-refractivity contribution >= 4 is 23.2 Å². The van der Waals surface area contributed by atoms with Crippen molar-refractivity contribution in [3.8, 4) is 11.4 Å². The van der Waals surface area contributed by atoms with Crippen molar-refractivity contribution < 1.29 is 4.42 Å². The number of aromatic nitrogens is 3. The van der Waals surface area contributed by atoms with Crippen LogP contribution >= 0.6 is 12.2 Å². The molecule has 0 spiro atoms. The maximum atomic E-state index is 5.49. The number of hydrogen-bond donors (Lipinski definition) is 1. The van der Waals surface area contributed by atoms with Gasteiger partial charge in [0.1, 0.15) is 18.2 Å². The Hall–Kier alpha value is -2.01. The number of benzene rings is 1. The van der Waals surface area contributed by atoms with E-state index in [1.165, 1.54) is 6.33 Å². The maximum absolute atomic E-state index is 5.49. The predicted molar refractivity (Wildman–Crippen MR) is 62.4 cm³/mol. The monoisotopic (exact) mass is 229 g/mol. The highest BCUT2D eigenvalue weighted by Gasteiger charge is 2.08. The third kappa shape index (κ3) is 1.33. The van der Waals surface area contributed by atoms with Gasteiger partial charge < -0.3 is 4.42 Å². The molecule has 5 heteroatoms. The number of fused-ring (bicyclic) bond motifs is 1. The summed E-state index contributed by atoms with van der Waals surface area (Å²) in [6.07, 6.45) is 3.10. The van der Waals surface area contributed by atoms with E-state index in [1.54, 1.807) is 6.26 Å². The van der Waals surface area contributed by atoms with Gasteiger partial charge >= 0.3 is 0 Å². The Balaban J connectivity index is 2.37. The van der Waals surface area contributed by atoms with Gasteiger partial charge in [-0.2, -0.15) is 5.10 Å². The Kier molecular flexibility index (Phi) is 2.04. The van der Waals surface area contributed by atoms with Crippen LogP contribution in [0, 0.1) is 4.51 Å². The Labute approximate surface area is 96.0 Å². The molecular weight excluding hydrogens is 222 g/mol. The Morgan fingerprint density at radius 1 is 1.25 bits per heavy atom. The summed E-state index contributed by atoms with van der Waals surface area (Å²) in [5.74, 6) is 0.555. The predicted octanol–water partition coefficient (Wildman–Crippen LogP) is 2.95. The normalized spacial score (nSPS) is 10.8. The molecule has 1 N–H and O–H groups in total. The zero-order valence-electron chi connectivity index (χ0n) is 8.18. The molecule has 0 radical (unpaired) electrons. The summed E-state index contributed by atoms with van der Waals surface area (Å²) in [6.45, 7) is 0. The molecule has 0 unspecified atom stereocenters. The number of rotatable bonds is 1. The maximum Gasteiger partial charge on any atom is 0.185 e. The van der Waals surface area contributed by atoms with E-state index in [1.807, 2.05) is 24.3 Å². The third-order valence-corrected chi connectivity index (χ3v) is 2.78. The fourth-order valence-electron chi connectivity index (χ4n) is 1.57. The minimum atomic E-state index is 0.555. The van der Waals surface area contributed by atoms with E-state index in [0.717, 1.165) is 16.5 Å². The van der Waals surface area contributed by atoms with Crippen LogP contribution < -0.4 is 0 Å². The molecule has 16 heavy (non-hydrogen) atoms. The topological polar surface area (TPSA) is 54.7 Å². The van der Waals surface area contributed by atoms with E-state index in [2.05, 4.69) is 15.2 Å². The quantitative estimate of drug-likeness (QED) is 0.652. The first-order chi connectivity index (χ1) is 7.86. The van der Waals surface area contributed by atoms with Crippen molar-refractivity contribution in [2.24, 2.45) is 0 Å². The molecule has 0 fully saturated rings. The van der Waals surface area contributed by atoms with E-state index in [4.69, 9.17) is 16.6 Å². The van der Waals surface area contributed by atoms with Crippen molar-refractivity contribution in [2.45, 2.75) is 0 Å². The van der Waals surface area contributed by atoms with Crippen LogP contribution in [0.15, 0.2) is 41.3 Å². The summed E-state index contributed by atoms with van der Waals surface area (Å²) in [4.78, 5) is 4.06.